The lowest BCUT2D eigenvalue weighted by atomic mass is 10.1. The van der Waals surface area contributed by atoms with Gasteiger partial charge >= 0.3 is 0 Å². The highest BCUT2D eigenvalue weighted by Crippen LogP contribution is 2.33. The van der Waals surface area contributed by atoms with Gasteiger partial charge < -0.3 is 24.8 Å². The molecule has 1 aliphatic rings. The van der Waals surface area contributed by atoms with Crippen LogP contribution in [0.25, 0.3) is 22.4 Å². The third-order valence-corrected chi connectivity index (χ3v) is 4.49. The lowest BCUT2D eigenvalue weighted by Crippen LogP contribution is -2.33. The summed E-state index contributed by atoms with van der Waals surface area (Å²) in [6, 6.07) is 7.41. The van der Waals surface area contributed by atoms with Gasteiger partial charge in [-0.25, -0.2) is 15.0 Å². The van der Waals surface area contributed by atoms with Gasteiger partial charge in [-0.15, -0.1) is 0 Å². The zero-order valence-corrected chi connectivity index (χ0v) is 13.9. The number of imidazole rings is 1. The van der Waals surface area contributed by atoms with Crippen LogP contribution in [-0.2, 0) is 4.74 Å². The van der Waals surface area contributed by atoms with E-state index in [4.69, 9.17) is 9.47 Å². The van der Waals surface area contributed by atoms with Crippen LogP contribution in [0.4, 0.5) is 0 Å². The van der Waals surface area contributed by atoms with Crippen molar-refractivity contribution in [3.63, 3.8) is 0 Å². The third-order valence-electron chi connectivity index (χ3n) is 4.49. The molecule has 0 unspecified atom stereocenters. The number of nitrogens with zero attached hydrogens (tertiary/aromatic N) is 4. The average Bonchev–Trinajstić information content (AvgIpc) is 3.23. The average molecular weight is 358 g/mol. The quantitative estimate of drug-likeness (QED) is 0.601. The minimum absolute atomic E-state index is 0.397. The Morgan fingerprint density at radius 1 is 1.19 bits per heavy atom. The predicted octanol–water partition coefficient (Wildman–Crippen LogP) is 0.113. The van der Waals surface area contributed by atoms with Crippen molar-refractivity contribution in [1.82, 2.24) is 19.5 Å². The van der Waals surface area contributed by atoms with Gasteiger partial charge in [-0.2, -0.15) is 0 Å². The van der Waals surface area contributed by atoms with E-state index >= 15 is 0 Å². The molecule has 136 valence electrons. The molecule has 9 nitrogen and oxygen atoms in total. The van der Waals surface area contributed by atoms with Crippen molar-refractivity contribution in [3.8, 4) is 17.0 Å². The van der Waals surface area contributed by atoms with Gasteiger partial charge in [0.25, 0.3) is 0 Å². The SMILES string of the molecule is COc1cccc(-c2ncnc3c2ncn3[C@@H]2O[C@H](CO)[C@@H](O)[C@H]2O)c1. The first-order valence-electron chi connectivity index (χ1n) is 8.08. The van der Waals surface area contributed by atoms with E-state index in [2.05, 4.69) is 15.0 Å². The van der Waals surface area contributed by atoms with Crippen molar-refractivity contribution in [2.75, 3.05) is 13.7 Å². The van der Waals surface area contributed by atoms with Crippen molar-refractivity contribution in [2.45, 2.75) is 24.5 Å². The maximum Gasteiger partial charge on any atom is 0.166 e. The van der Waals surface area contributed by atoms with E-state index in [0.29, 0.717) is 22.6 Å². The number of hydrogen-bond acceptors (Lipinski definition) is 8. The number of fused-ring (bicyclic) bond motifs is 1. The number of ether oxygens (including phenoxy) is 2. The monoisotopic (exact) mass is 358 g/mol. The molecule has 0 amide bonds. The Labute approximate surface area is 148 Å². The summed E-state index contributed by atoms with van der Waals surface area (Å²) in [5.74, 6) is 0.692. The number of methoxy groups -OCH3 is 1. The number of benzene rings is 1. The normalized spacial score (nSPS) is 25.7. The van der Waals surface area contributed by atoms with Gasteiger partial charge in [0.15, 0.2) is 11.9 Å². The first-order valence-corrected chi connectivity index (χ1v) is 8.08. The van der Waals surface area contributed by atoms with Crippen molar-refractivity contribution < 1.29 is 24.8 Å². The summed E-state index contributed by atoms with van der Waals surface area (Å²) in [6.45, 7) is -0.397. The van der Waals surface area contributed by atoms with Crippen LogP contribution in [0.5, 0.6) is 5.75 Å². The highest BCUT2D eigenvalue weighted by molar-refractivity contribution is 5.87. The largest absolute Gasteiger partial charge is 0.497 e. The van der Waals surface area contributed by atoms with Crippen LogP contribution < -0.4 is 4.74 Å². The molecule has 0 aliphatic carbocycles. The van der Waals surface area contributed by atoms with Crippen molar-refractivity contribution >= 4 is 11.2 Å². The summed E-state index contributed by atoms with van der Waals surface area (Å²) in [6.07, 6.45) is -1.30. The minimum Gasteiger partial charge on any atom is -0.497 e. The molecular formula is C17H18N4O5. The molecular weight excluding hydrogens is 340 g/mol. The fraction of sp³-hybridized carbons (Fsp3) is 0.353. The first-order chi connectivity index (χ1) is 12.6. The second-order valence-electron chi connectivity index (χ2n) is 6.01. The van der Waals surface area contributed by atoms with Crippen LogP contribution in [0.3, 0.4) is 0 Å². The Bertz CT molecular complexity index is 930. The molecule has 0 spiro atoms. The minimum atomic E-state index is -1.21. The molecule has 3 N–H and O–H groups in total. The van der Waals surface area contributed by atoms with Crippen LogP contribution in [0.1, 0.15) is 6.23 Å². The highest BCUT2D eigenvalue weighted by Gasteiger charge is 2.44. The van der Waals surface area contributed by atoms with Crippen LogP contribution in [0.15, 0.2) is 36.9 Å². The number of aliphatic hydroxyl groups excluding tert-OH is 3. The van der Waals surface area contributed by atoms with Crippen LogP contribution in [0, 0.1) is 0 Å². The molecule has 9 heteroatoms. The number of aliphatic hydroxyl groups is 3. The predicted molar refractivity (Wildman–Crippen MR) is 90.3 cm³/mol. The maximum absolute atomic E-state index is 10.3. The van der Waals surface area contributed by atoms with Crippen molar-refractivity contribution in [2.24, 2.45) is 0 Å². The molecule has 4 atom stereocenters. The van der Waals surface area contributed by atoms with E-state index in [1.165, 1.54) is 17.2 Å². The molecule has 1 aliphatic heterocycles. The van der Waals surface area contributed by atoms with E-state index in [-0.39, 0.29) is 0 Å². The topological polar surface area (TPSA) is 123 Å². The van der Waals surface area contributed by atoms with E-state index in [1.807, 2.05) is 24.3 Å². The Hall–Kier alpha value is -2.59. The van der Waals surface area contributed by atoms with E-state index < -0.39 is 31.1 Å². The lowest BCUT2D eigenvalue weighted by molar-refractivity contribution is -0.0511. The van der Waals surface area contributed by atoms with Gasteiger partial charge in [-0.3, -0.25) is 4.57 Å². The van der Waals surface area contributed by atoms with Gasteiger partial charge in [0.2, 0.25) is 0 Å². The summed E-state index contributed by atoms with van der Waals surface area (Å²) >= 11 is 0. The molecule has 1 fully saturated rings. The van der Waals surface area contributed by atoms with Crippen LogP contribution in [0.2, 0.25) is 0 Å². The van der Waals surface area contributed by atoms with Gasteiger partial charge in [-0.05, 0) is 12.1 Å². The highest BCUT2D eigenvalue weighted by atomic mass is 16.6. The third kappa shape index (κ3) is 2.61. The van der Waals surface area contributed by atoms with Crippen molar-refractivity contribution in [1.29, 1.82) is 0 Å². The summed E-state index contributed by atoms with van der Waals surface area (Å²) < 4.78 is 12.3. The summed E-state index contributed by atoms with van der Waals surface area (Å²) in [4.78, 5) is 12.9. The Kier molecular flexibility index (Phi) is 4.29. The Morgan fingerprint density at radius 3 is 2.77 bits per heavy atom. The summed E-state index contributed by atoms with van der Waals surface area (Å²) in [7, 11) is 1.59. The fourth-order valence-electron chi connectivity index (χ4n) is 3.13. The molecule has 0 bridgehead atoms. The molecule has 3 aromatic rings. The molecule has 26 heavy (non-hydrogen) atoms. The van der Waals surface area contributed by atoms with E-state index in [1.54, 1.807) is 7.11 Å². The smallest absolute Gasteiger partial charge is 0.166 e. The summed E-state index contributed by atoms with van der Waals surface area (Å²) in [5, 5.41) is 29.5. The van der Waals surface area contributed by atoms with Gasteiger partial charge in [0.05, 0.1) is 20.0 Å². The molecule has 2 aromatic heterocycles. The Balaban J connectivity index is 1.78. The second kappa shape index (κ2) is 6.61. The number of aromatic nitrogens is 4. The number of rotatable bonds is 4. The van der Waals surface area contributed by atoms with Crippen LogP contribution in [-0.4, -0.2) is 66.9 Å². The molecule has 4 rings (SSSR count). The van der Waals surface area contributed by atoms with Gasteiger partial charge in [0, 0.05) is 5.56 Å². The maximum atomic E-state index is 10.3. The van der Waals surface area contributed by atoms with Gasteiger partial charge in [-0.1, -0.05) is 12.1 Å². The first kappa shape index (κ1) is 16.9. The lowest BCUT2D eigenvalue weighted by Gasteiger charge is -2.16. The zero-order valence-electron chi connectivity index (χ0n) is 13.9. The molecule has 1 saturated heterocycles. The molecule has 1 aromatic carbocycles. The van der Waals surface area contributed by atoms with Gasteiger partial charge in [0.1, 0.15) is 41.6 Å². The Morgan fingerprint density at radius 2 is 2.04 bits per heavy atom. The second-order valence-corrected chi connectivity index (χ2v) is 6.01. The van der Waals surface area contributed by atoms with Crippen molar-refractivity contribution in [3.05, 3.63) is 36.9 Å². The molecule has 0 radical (unpaired) electrons. The zero-order chi connectivity index (χ0) is 18.3. The number of hydrogen-bond donors (Lipinski definition) is 3. The van der Waals surface area contributed by atoms with E-state index in [9.17, 15) is 15.3 Å². The van der Waals surface area contributed by atoms with E-state index in [0.717, 1.165) is 5.56 Å². The molecule has 3 heterocycles. The summed E-state index contributed by atoms with van der Waals surface area (Å²) in [5.41, 5.74) is 2.40. The fourth-order valence-corrected chi connectivity index (χ4v) is 3.13. The standard InChI is InChI=1S/C17H18N4O5/c1-25-10-4-2-3-9(5-10)12-13-16(19-7-18-12)21(8-20-13)17-15(24)14(23)11(6-22)26-17/h2-5,7-8,11,14-15,17,22-24H,6H2,1H3/t11-,14-,15-,17-/m1/s1. The molecule has 0 saturated carbocycles. The van der Waals surface area contributed by atoms with Crippen LogP contribution >= 0.6 is 0 Å².